The van der Waals surface area contributed by atoms with Crippen LogP contribution in [-0.2, 0) is 10.2 Å². The number of carbonyl (C=O) groups excluding carboxylic acids is 1. The van der Waals surface area contributed by atoms with Gasteiger partial charge in [0.15, 0.2) is 0 Å². The van der Waals surface area contributed by atoms with E-state index in [0.717, 1.165) is 23.1 Å². The highest BCUT2D eigenvalue weighted by Crippen LogP contribution is 2.31. The molecule has 0 fully saturated rings. The lowest BCUT2D eigenvalue weighted by atomic mass is 9.87. The minimum atomic E-state index is -0.151. The number of rotatable bonds is 9. The molecule has 0 spiro atoms. The van der Waals surface area contributed by atoms with E-state index >= 15 is 0 Å². The molecular weight excluding hydrogens is 372 g/mol. The molecule has 0 radical (unpaired) electrons. The van der Waals surface area contributed by atoms with Gasteiger partial charge in [0, 0.05) is 26.8 Å². The fourth-order valence-corrected chi connectivity index (χ4v) is 2.51. The topological polar surface area (TPSA) is 59.6 Å². The molecule has 0 saturated heterocycles. The lowest BCUT2D eigenvalue weighted by Gasteiger charge is -2.20. The van der Waals surface area contributed by atoms with Gasteiger partial charge in [-0.15, -0.1) is 0 Å². The number of halogens is 1. The molecule has 1 rings (SSSR count). The lowest BCUT2D eigenvalue weighted by Crippen LogP contribution is -2.37. The summed E-state index contributed by atoms with van der Waals surface area (Å²) in [5.41, 5.74) is 1.37. The molecule has 0 unspecified atom stereocenters. The van der Waals surface area contributed by atoms with Crippen LogP contribution in [0.4, 0.5) is 4.79 Å². The molecular formula is C18H29BrN2O3. The molecule has 136 valence electrons. The molecule has 1 aromatic carbocycles. The fourth-order valence-electron chi connectivity index (χ4n) is 2.02. The number of nitrogens with one attached hydrogen (secondary N) is 2. The van der Waals surface area contributed by atoms with E-state index in [4.69, 9.17) is 9.47 Å². The Labute approximate surface area is 153 Å². The molecule has 0 saturated carbocycles. The van der Waals surface area contributed by atoms with Gasteiger partial charge in [0.05, 0.1) is 11.1 Å². The largest absolute Gasteiger partial charge is 0.492 e. The maximum absolute atomic E-state index is 11.5. The van der Waals surface area contributed by atoms with E-state index in [9.17, 15) is 4.79 Å². The predicted molar refractivity (Wildman–Crippen MR) is 101 cm³/mol. The minimum Gasteiger partial charge on any atom is -0.492 e. The number of hydrogen-bond donors (Lipinski definition) is 2. The van der Waals surface area contributed by atoms with Crippen molar-refractivity contribution in [1.29, 1.82) is 0 Å². The molecule has 0 aliphatic heterocycles. The molecule has 5 nitrogen and oxygen atoms in total. The zero-order valence-electron chi connectivity index (χ0n) is 15.1. The van der Waals surface area contributed by atoms with Crippen molar-refractivity contribution in [1.82, 2.24) is 10.6 Å². The Balaban J connectivity index is 2.23. The molecule has 6 heteroatoms. The average Bonchev–Trinajstić information content (AvgIpc) is 2.51. The highest BCUT2D eigenvalue weighted by atomic mass is 79.9. The van der Waals surface area contributed by atoms with E-state index in [1.54, 1.807) is 7.11 Å². The molecule has 0 aliphatic carbocycles. The lowest BCUT2D eigenvalue weighted by molar-refractivity contribution is 0.193. The third kappa shape index (κ3) is 8.02. The SMILES string of the molecule is COCCCNC(=O)NCCCOc1ccc(C(C)(C)C)cc1Br. The third-order valence-corrected chi connectivity index (χ3v) is 4.09. The summed E-state index contributed by atoms with van der Waals surface area (Å²) in [6.45, 7) is 8.94. The Morgan fingerprint density at radius 3 is 2.29 bits per heavy atom. The average molecular weight is 401 g/mol. The third-order valence-electron chi connectivity index (χ3n) is 3.47. The fraction of sp³-hybridized carbons (Fsp3) is 0.611. The van der Waals surface area contributed by atoms with Crippen molar-refractivity contribution in [3.63, 3.8) is 0 Å². The van der Waals surface area contributed by atoms with Crippen molar-refractivity contribution < 1.29 is 14.3 Å². The van der Waals surface area contributed by atoms with Crippen LogP contribution in [-0.4, -0.2) is 39.4 Å². The standard InChI is InChI=1S/C18H29BrN2O3/c1-18(2,3)14-7-8-16(15(19)13-14)24-12-6-10-21-17(22)20-9-5-11-23-4/h7-8,13H,5-6,9-12H2,1-4H3,(H2,20,21,22). The van der Waals surface area contributed by atoms with Crippen molar-refractivity contribution in [3.8, 4) is 5.75 Å². The molecule has 24 heavy (non-hydrogen) atoms. The molecule has 1 aromatic rings. The van der Waals surface area contributed by atoms with Crippen LogP contribution in [0.3, 0.4) is 0 Å². The van der Waals surface area contributed by atoms with Gasteiger partial charge in [-0.25, -0.2) is 4.79 Å². The van der Waals surface area contributed by atoms with Gasteiger partial charge in [-0.2, -0.15) is 0 Å². The minimum absolute atomic E-state index is 0.113. The van der Waals surface area contributed by atoms with E-state index in [0.29, 0.717) is 26.3 Å². The molecule has 2 amide bonds. The number of carbonyl (C=O) groups is 1. The second-order valence-electron chi connectivity index (χ2n) is 6.63. The summed E-state index contributed by atoms with van der Waals surface area (Å²) < 4.78 is 11.6. The first-order valence-corrected chi connectivity index (χ1v) is 9.07. The van der Waals surface area contributed by atoms with E-state index in [-0.39, 0.29) is 11.4 Å². The predicted octanol–water partition coefficient (Wildman–Crippen LogP) is 3.85. The first kappa shape index (κ1) is 20.8. The van der Waals surface area contributed by atoms with Crippen molar-refractivity contribution in [3.05, 3.63) is 28.2 Å². The molecule has 2 N–H and O–H groups in total. The molecule has 0 aliphatic rings. The number of hydrogen-bond acceptors (Lipinski definition) is 3. The van der Waals surface area contributed by atoms with Gasteiger partial charge in [-0.3, -0.25) is 0 Å². The Kier molecular flexibility index (Phi) is 9.14. The van der Waals surface area contributed by atoms with Gasteiger partial charge in [0.25, 0.3) is 0 Å². The number of methoxy groups -OCH3 is 1. The summed E-state index contributed by atoms with van der Waals surface area (Å²) in [4.78, 5) is 11.5. The number of benzene rings is 1. The first-order valence-electron chi connectivity index (χ1n) is 8.28. The van der Waals surface area contributed by atoms with Crippen LogP contribution in [0.1, 0.15) is 39.2 Å². The van der Waals surface area contributed by atoms with Gasteiger partial charge < -0.3 is 20.1 Å². The Hall–Kier alpha value is -1.27. The van der Waals surface area contributed by atoms with E-state index in [2.05, 4.69) is 59.5 Å². The van der Waals surface area contributed by atoms with Crippen LogP contribution in [0.15, 0.2) is 22.7 Å². The molecule has 0 aromatic heterocycles. The maximum Gasteiger partial charge on any atom is 0.314 e. The van der Waals surface area contributed by atoms with Crippen LogP contribution in [0.2, 0.25) is 0 Å². The quantitative estimate of drug-likeness (QED) is 0.618. The maximum atomic E-state index is 11.5. The molecule has 0 atom stereocenters. The number of ether oxygens (including phenoxy) is 2. The molecule has 0 heterocycles. The molecule has 0 bridgehead atoms. The highest BCUT2D eigenvalue weighted by Gasteiger charge is 2.15. The monoisotopic (exact) mass is 400 g/mol. The number of urea groups is 1. The van der Waals surface area contributed by atoms with Crippen molar-refractivity contribution in [2.24, 2.45) is 0 Å². The van der Waals surface area contributed by atoms with Crippen LogP contribution < -0.4 is 15.4 Å². The van der Waals surface area contributed by atoms with Crippen LogP contribution in [0.25, 0.3) is 0 Å². The summed E-state index contributed by atoms with van der Waals surface area (Å²) in [6.07, 6.45) is 1.56. The smallest absolute Gasteiger partial charge is 0.314 e. The van der Waals surface area contributed by atoms with Gasteiger partial charge in [0.1, 0.15) is 5.75 Å². The zero-order valence-corrected chi connectivity index (χ0v) is 16.7. The van der Waals surface area contributed by atoms with Crippen molar-refractivity contribution >= 4 is 22.0 Å². The normalized spacial score (nSPS) is 11.2. The van der Waals surface area contributed by atoms with Crippen molar-refractivity contribution in [2.75, 3.05) is 33.4 Å². The van der Waals surface area contributed by atoms with Gasteiger partial charge in [0.2, 0.25) is 0 Å². The van der Waals surface area contributed by atoms with E-state index < -0.39 is 0 Å². The van der Waals surface area contributed by atoms with Crippen LogP contribution in [0, 0.1) is 0 Å². The van der Waals surface area contributed by atoms with Gasteiger partial charge in [-0.1, -0.05) is 26.8 Å². The van der Waals surface area contributed by atoms with Gasteiger partial charge in [-0.05, 0) is 51.9 Å². The zero-order chi connectivity index (χ0) is 18.0. The summed E-state index contributed by atoms with van der Waals surface area (Å²) in [7, 11) is 1.65. The first-order chi connectivity index (χ1) is 11.3. The second-order valence-corrected chi connectivity index (χ2v) is 7.48. The van der Waals surface area contributed by atoms with Crippen LogP contribution in [0.5, 0.6) is 5.75 Å². The summed E-state index contributed by atoms with van der Waals surface area (Å²) in [5, 5.41) is 5.58. The van der Waals surface area contributed by atoms with Crippen LogP contribution >= 0.6 is 15.9 Å². The summed E-state index contributed by atoms with van der Waals surface area (Å²) in [5.74, 6) is 0.826. The van der Waals surface area contributed by atoms with Crippen molar-refractivity contribution in [2.45, 2.75) is 39.0 Å². The Morgan fingerprint density at radius 2 is 1.75 bits per heavy atom. The summed E-state index contributed by atoms with van der Waals surface area (Å²) >= 11 is 3.56. The Bertz CT molecular complexity index is 515. The van der Waals surface area contributed by atoms with Gasteiger partial charge >= 0.3 is 6.03 Å². The summed E-state index contributed by atoms with van der Waals surface area (Å²) in [6, 6.07) is 6.02. The Morgan fingerprint density at radius 1 is 1.12 bits per heavy atom. The highest BCUT2D eigenvalue weighted by molar-refractivity contribution is 9.10. The van der Waals surface area contributed by atoms with E-state index in [1.807, 2.05) is 6.07 Å². The second kappa shape index (κ2) is 10.6. The van der Waals surface area contributed by atoms with E-state index in [1.165, 1.54) is 5.56 Å². The number of amides is 2.